The minimum atomic E-state index is 0.158. The molecule has 1 saturated carbocycles. The molecular formula is C19H24BrN. The highest BCUT2D eigenvalue weighted by Crippen LogP contribution is 2.45. The van der Waals surface area contributed by atoms with Crippen LogP contribution >= 0.6 is 15.9 Å². The molecule has 21 heavy (non-hydrogen) atoms. The third-order valence-corrected chi connectivity index (χ3v) is 6.31. The first-order chi connectivity index (χ1) is 9.98. The van der Waals surface area contributed by atoms with Crippen LogP contribution in [0.4, 0.5) is 0 Å². The van der Waals surface area contributed by atoms with Crippen molar-refractivity contribution in [1.29, 1.82) is 0 Å². The van der Waals surface area contributed by atoms with Gasteiger partial charge in [-0.1, -0.05) is 61.3 Å². The summed E-state index contributed by atoms with van der Waals surface area (Å²) in [5.41, 5.74) is 2.61. The van der Waals surface area contributed by atoms with Crippen molar-refractivity contribution >= 4 is 26.8 Å². The fraction of sp³-hybridized carbons (Fsp3) is 0.526. The second-order valence-electron chi connectivity index (χ2n) is 7.18. The topological polar surface area (TPSA) is 12.9 Å². The molecule has 0 amide bonds. The van der Waals surface area contributed by atoms with Gasteiger partial charge < -0.3 is 0 Å². The van der Waals surface area contributed by atoms with Crippen LogP contribution in [0.15, 0.2) is 36.5 Å². The third-order valence-electron chi connectivity index (χ3n) is 5.30. The standard InChI is InChI=1S/C19H24BrN/c1-13-8-9-16(17(20)10-13)19(2,3)15-11-14-6-4-5-7-18(14)21-12-15/h4-7,11-13,16-17H,8-10H2,1-3H3. The van der Waals surface area contributed by atoms with Crippen molar-refractivity contribution in [2.24, 2.45) is 11.8 Å². The number of alkyl halides is 1. The van der Waals surface area contributed by atoms with Gasteiger partial charge in [-0.3, -0.25) is 4.98 Å². The zero-order chi connectivity index (χ0) is 15.0. The van der Waals surface area contributed by atoms with Crippen LogP contribution in [-0.2, 0) is 5.41 Å². The maximum atomic E-state index is 4.67. The van der Waals surface area contributed by atoms with Gasteiger partial charge in [-0.15, -0.1) is 0 Å². The Morgan fingerprint density at radius 3 is 2.71 bits per heavy atom. The van der Waals surface area contributed by atoms with E-state index in [9.17, 15) is 0 Å². The molecule has 3 rings (SSSR count). The van der Waals surface area contributed by atoms with Crippen LogP contribution in [0.25, 0.3) is 10.9 Å². The van der Waals surface area contributed by atoms with E-state index in [2.05, 4.69) is 78.2 Å². The highest BCUT2D eigenvalue weighted by atomic mass is 79.9. The van der Waals surface area contributed by atoms with E-state index in [0.29, 0.717) is 10.7 Å². The zero-order valence-corrected chi connectivity index (χ0v) is 14.7. The number of fused-ring (bicyclic) bond motifs is 1. The number of hydrogen-bond acceptors (Lipinski definition) is 1. The summed E-state index contributed by atoms with van der Waals surface area (Å²) in [7, 11) is 0. The lowest BCUT2D eigenvalue weighted by Gasteiger charge is -2.42. The monoisotopic (exact) mass is 345 g/mol. The van der Waals surface area contributed by atoms with E-state index in [4.69, 9.17) is 0 Å². The van der Waals surface area contributed by atoms with Gasteiger partial charge in [0, 0.05) is 16.4 Å². The van der Waals surface area contributed by atoms with Crippen molar-refractivity contribution in [3.63, 3.8) is 0 Å². The van der Waals surface area contributed by atoms with Crippen molar-refractivity contribution in [1.82, 2.24) is 4.98 Å². The van der Waals surface area contributed by atoms with Gasteiger partial charge >= 0.3 is 0 Å². The number of benzene rings is 1. The zero-order valence-electron chi connectivity index (χ0n) is 13.1. The van der Waals surface area contributed by atoms with Crippen LogP contribution in [0, 0.1) is 11.8 Å². The van der Waals surface area contributed by atoms with Crippen molar-refractivity contribution in [2.45, 2.75) is 50.3 Å². The summed E-state index contributed by atoms with van der Waals surface area (Å²) in [6, 6.07) is 10.7. The van der Waals surface area contributed by atoms with Crippen LogP contribution in [-0.4, -0.2) is 9.81 Å². The average Bonchev–Trinajstić information content (AvgIpc) is 2.46. The van der Waals surface area contributed by atoms with Gasteiger partial charge in [-0.05, 0) is 47.8 Å². The number of para-hydroxylation sites is 1. The van der Waals surface area contributed by atoms with Gasteiger partial charge in [0.15, 0.2) is 0 Å². The lowest BCUT2D eigenvalue weighted by atomic mass is 9.66. The van der Waals surface area contributed by atoms with E-state index in [1.165, 1.54) is 30.2 Å². The van der Waals surface area contributed by atoms with E-state index < -0.39 is 0 Å². The number of aromatic nitrogens is 1. The SMILES string of the molecule is CC1CCC(C(C)(C)c2cnc3ccccc3c2)C(Br)C1. The normalized spacial score (nSPS) is 27.0. The molecule has 1 nitrogen and oxygen atoms in total. The van der Waals surface area contributed by atoms with Crippen molar-refractivity contribution in [3.05, 3.63) is 42.1 Å². The number of rotatable bonds is 2. The van der Waals surface area contributed by atoms with Crippen LogP contribution in [0.5, 0.6) is 0 Å². The largest absolute Gasteiger partial charge is 0.256 e. The third kappa shape index (κ3) is 2.88. The van der Waals surface area contributed by atoms with Crippen LogP contribution in [0.3, 0.4) is 0 Å². The maximum Gasteiger partial charge on any atom is 0.0702 e. The second kappa shape index (κ2) is 5.72. The van der Waals surface area contributed by atoms with E-state index in [1.54, 1.807) is 0 Å². The first-order valence-electron chi connectivity index (χ1n) is 7.98. The van der Waals surface area contributed by atoms with Crippen molar-refractivity contribution in [3.8, 4) is 0 Å². The number of nitrogens with zero attached hydrogens (tertiary/aromatic N) is 1. The Morgan fingerprint density at radius 2 is 1.95 bits per heavy atom. The molecular weight excluding hydrogens is 322 g/mol. The van der Waals surface area contributed by atoms with E-state index in [1.807, 2.05) is 0 Å². The predicted molar refractivity (Wildman–Crippen MR) is 94.0 cm³/mol. The van der Waals surface area contributed by atoms with E-state index >= 15 is 0 Å². The Balaban J connectivity index is 1.95. The summed E-state index contributed by atoms with van der Waals surface area (Å²) in [5, 5.41) is 1.25. The summed E-state index contributed by atoms with van der Waals surface area (Å²) in [5.74, 6) is 1.52. The minimum Gasteiger partial charge on any atom is -0.256 e. The molecule has 2 heteroatoms. The van der Waals surface area contributed by atoms with Gasteiger partial charge in [0.25, 0.3) is 0 Å². The Hall–Kier alpha value is -0.890. The molecule has 1 heterocycles. The fourth-order valence-corrected chi connectivity index (χ4v) is 5.33. The molecule has 1 fully saturated rings. The number of hydrogen-bond donors (Lipinski definition) is 0. The number of halogens is 1. The number of pyridine rings is 1. The molecule has 1 aliphatic rings. The Labute approximate surface area is 136 Å². The molecule has 2 aromatic rings. The van der Waals surface area contributed by atoms with Crippen LogP contribution in [0.1, 0.15) is 45.6 Å². The highest BCUT2D eigenvalue weighted by Gasteiger charge is 2.39. The summed E-state index contributed by atoms with van der Waals surface area (Å²) in [6.45, 7) is 7.14. The average molecular weight is 346 g/mol. The summed E-state index contributed by atoms with van der Waals surface area (Å²) in [4.78, 5) is 5.28. The van der Waals surface area contributed by atoms with Crippen LogP contribution < -0.4 is 0 Å². The molecule has 1 aromatic carbocycles. The van der Waals surface area contributed by atoms with E-state index in [0.717, 1.165) is 11.4 Å². The molecule has 3 unspecified atom stereocenters. The summed E-state index contributed by atoms with van der Waals surface area (Å²) < 4.78 is 0. The Kier molecular flexibility index (Phi) is 4.09. The smallest absolute Gasteiger partial charge is 0.0702 e. The first-order valence-corrected chi connectivity index (χ1v) is 8.89. The van der Waals surface area contributed by atoms with Crippen molar-refractivity contribution in [2.75, 3.05) is 0 Å². The molecule has 1 aromatic heterocycles. The molecule has 0 spiro atoms. The van der Waals surface area contributed by atoms with Gasteiger partial charge in [-0.25, -0.2) is 0 Å². The Morgan fingerprint density at radius 1 is 1.19 bits per heavy atom. The first kappa shape index (κ1) is 15.0. The van der Waals surface area contributed by atoms with Gasteiger partial charge in [-0.2, -0.15) is 0 Å². The quantitative estimate of drug-likeness (QED) is 0.635. The Bertz CT molecular complexity index is 634. The van der Waals surface area contributed by atoms with Crippen molar-refractivity contribution < 1.29 is 0 Å². The molecule has 0 N–H and O–H groups in total. The lowest BCUT2D eigenvalue weighted by Crippen LogP contribution is -2.38. The molecule has 1 aliphatic carbocycles. The van der Waals surface area contributed by atoms with Crippen LogP contribution in [0.2, 0.25) is 0 Å². The molecule has 0 saturated heterocycles. The van der Waals surface area contributed by atoms with Gasteiger partial charge in [0.2, 0.25) is 0 Å². The lowest BCUT2D eigenvalue weighted by molar-refractivity contribution is 0.214. The van der Waals surface area contributed by atoms with E-state index in [-0.39, 0.29) is 5.41 Å². The maximum absolute atomic E-state index is 4.67. The molecule has 112 valence electrons. The summed E-state index contributed by atoms with van der Waals surface area (Å²) in [6.07, 6.45) is 6.02. The fourth-order valence-electron chi connectivity index (χ4n) is 3.76. The van der Waals surface area contributed by atoms with Gasteiger partial charge in [0.1, 0.15) is 0 Å². The summed E-state index contributed by atoms with van der Waals surface area (Å²) >= 11 is 3.96. The minimum absolute atomic E-state index is 0.158. The highest BCUT2D eigenvalue weighted by molar-refractivity contribution is 9.09. The predicted octanol–water partition coefficient (Wildman–Crippen LogP) is 5.71. The molecule has 0 bridgehead atoms. The molecule has 0 aliphatic heterocycles. The van der Waals surface area contributed by atoms with Gasteiger partial charge in [0.05, 0.1) is 5.52 Å². The molecule has 0 radical (unpaired) electrons. The molecule has 3 atom stereocenters. The second-order valence-corrected chi connectivity index (χ2v) is 8.36.